The van der Waals surface area contributed by atoms with E-state index in [9.17, 15) is 13.2 Å². The largest absolute Gasteiger partial charge is 0.357 e. The fourth-order valence-corrected chi connectivity index (χ4v) is 5.37. The van der Waals surface area contributed by atoms with Gasteiger partial charge < -0.3 is 15.5 Å². The third-order valence-electron chi connectivity index (χ3n) is 6.03. The molecule has 0 aromatic rings. The van der Waals surface area contributed by atoms with E-state index in [0.29, 0.717) is 25.4 Å². The Morgan fingerprint density at radius 2 is 2.04 bits per heavy atom. The van der Waals surface area contributed by atoms with Crippen LogP contribution in [0.2, 0.25) is 0 Å². The molecule has 0 aromatic carbocycles. The van der Waals surface area contributed by atoms with E-state index in [4.69, 9.17) is 4.99 Å². The van der Waals surface area contributed by atoms with Crippen LogP contribution in [0.4, 0.5) is 0 Å². The molecule has 0 aromatic heterocycles. The molecule has 1 atom stereocenters. The molecule has 28 heavy (non-hydrogen) atoms. The second-order valence-electron chi connectivity index (χ2n) is 8.28. The normalized spacial score (nSPS) is 27.6. The molecule has 2 N–H and O–H groups in total. The topological polar surface area (TPSA) is 94.1 Å². The highest BCUT2D eigenvalue weighted by molar-refractivity contribution is 14.0. The lowest BCUT2D eigenvalue weighted by atomic mass is 9.79. The predicted molar refractivity (Wildman–Crippen MR) is 121 cm³/mol. The zero-order chi connectivity index (χ0) is 19.5. The van der Waals surface area contributed by atoms with Crippen molar-refractivity contribution in [2.75, 3.05) is 52.1 Å². The Kier molecular flexibility index (Phi) is 8.38. The monoisotopic (exact) mass is 527 g/mol. The second kappa shape index (κ2) is 9.92. The summed E-state index contributed by atoms with van der Waals surface area (Å²) in [7, 11) is -3.08. The van der Waals surface area contributed by atoms with E-state index in [0.717, 1.165) is 64.4 Å². The minimum absolute atomic E-state index is 0. The molecule has 3 saturated heterocycles. The van der Waals surface area contributed by atoms with E-state index in [1.54, 1.807) is 4.31 Å². The lowest BCUT2D eigenvalue weighted by Gasteiger charge is -2.41. The first-order valence-electron chi connectivity index (χ1n) is 10.1. The molecule has 0 saturated carbocycles. The molecule has 1 unspecified atom stereocenters. The van der Waals surface area contributed by atoms with Gasteiger partial charge in [-0.3, -0.25) is 9.79 Å². The summed E-state index contributed by atoms with van der Waals surface area (Å²) < 4.78 is 24.9. The molecule has 0 radical (unpaired) electrons. The van der Waals surface area contributed by atoms with E-state index in [1.807, 2.05) is 0 Å². The summed E-state index contributed by atoms with van der Waals surface area (Å²) in [5, 5.41) is 6.40. The van der Waals surface area contributed by atoms with Crippen molar-refractivity contribution in [3.8, 4) is 0 Å². The average Bonchev–Trinajstić information content (AvgIpc) is 2.98. The zero-order valence-electron chi connectivity index (χ0n) is 16.9. The summed E-state index contributed by atoms with van der Waals surface area (Å²) in [4.78, 5) is 18.9. The number of rotatable bonds is 4. The molecule has 1 spiro atoms. The first-order chi connectivity index (χ1) is 12.8. The second-order valence-corrected chi connectivity index (χ2v) is 10.3. The number of sulfonamides is 1. The SMILES string of the molecule is CCNC(=NCC1CCN(S(C)(=O)=O)CC1)N1CCCC2(CNC(=O)C2)C1.I. The maximum absolute atomic E-state index is 11.7. The third kappa shape index (κ3) is 5.94. The standard InChI is InChI=1S/C18H33N5O3S.HI/c1-3-19-17(20-12-15-5-9-23(10-6-15)27(2,25)26)22-8-4-7-18(14-22)11-16(24)21-13-18;/h15H,3-14H2,1-2H3,(H,19,20)(H,21,24);1H. The quantitative estimate of drug-likeness (QED) is 0.321. The molecular weight excluding hydrogens is 493 g/mol. The van der Waals surface area contributed by atoms with Crippen molar-refractivity contribution in [1.29, 1.82) is 0 Å². The van der Waals surface area contributed by atoms with Crippen molar-refractivity contribution in [2.45, 2.75) is 39.0 Å². The minimum Gasteiger partial charge on any atom is -0.357 e. The summed E-state index contributed by atoms with van der Waals surface area (Å²) >= 11 is 0. The number of nitrogens with zero attached hydrogens (tertiary/aromatic N) is 3. The number of likely N-dealkylation sites (tertiary alicyclic amines) is 1. The highest BCUT2D eigenvalue weighted by atomic mass is 127. The molecule has 3 aliphatic heterocycles. The summed E-state index contributed by atoms with van der Waals surface area (Å²) in [6.07, 6.45) is 5.78. The number of hydrogen-bond donors (Lipinski definition) is 2. The van der Waals surface area contributed by atoms with Gasteiger partial charge in [0.2, 0.25) is 15.9 Å². The van der Waals surface area contributed by atoms with Crippen molar-refractivity contribution >= 4 is 45.9 Å². The number of amides is 1. The van der Waals surface area contributed by atoms with E-state index in [1.165, 1.54) is 6.26 Å². The Balaban J connectivity index is 0.00000280. The Morgan fingerprint density at radius 3 is 2.61 bits per heavy atom. The number of guanidine groups is 1. The summed E-state index contributed by atoms with van der Waals surface area (Å²) in [5.41, 5.74) is 0.0480. The number of nitrogens with one attached hydrogen (secondary N) is 2. The molecular formula is C18H34IN5O3S. The zero-order valence-corrected chi connectivity index (χ0v) is 20.1. The fourth-order valence-electron chi connectivity index (χ4n) is 4.49. The van der Waals surface area contributed by atoms with E-state index >= 15 is 0 Å². The van der Waals surface area contributed by atoms with Gasteiger partial charge in [-0.2, -0.15) is 0 Å². The Hall–Kier alpha value is -0.620. The highest BCUT2D eigenvalue weighted by Crippen LogP contribution is 2.36. The summed E-state index contributed by atoms with van der Waals surface area (Å²) in [5.74, 6) is 1.52. The highest BCUT2D eigenvalue weighted by Gasteiger charge is 2.42. The van der Waals surface area contributed by atoms with Crippen LogP contribution in [0.25, 0.3) is 0 Å². The van der Waals surface area contributed by atoms with E-state index in [2.05, 4.69) is 22.5 Å². The molecule has 3 fully saturated rings. The van der Waals surface area contributed by atoms with Crippen LogP contribution in [-0.4, -0.2) is 81.6 Å². The minimum atomic E-state index is -3.08. The van der Waals surface area contributed by atoms with Gasteiger partial charge in [-0.05, 0) is 38.5 Å². The molecule has 0 bridgehead atoms. The molecule has 3 rings (SSSR count). The number of aliphatic imine (C=N–C) groups is 1. The third-order valence-corrected chi connectivity index (χ3v) is 7.34. The van der Waals surface area contributed by atoms with Crippen LogP contribution in [0.1, 0.15) is 39.0 Å². The first-order valence-corrected chi connectivity index (χ1v) is 11.9. The number of carbonyl (C=O) groups is 1. The molecule has 10 heteroatoms. The Bertz CT molecular complexity index is 679. The van der Waals surface area contributed by atoms with Crippen molar-refractivity contribution in [3.63, 3.8) is 0 Å². The van der Waals surface area contributed by atoms with Gasteiger partial charge in [0.25, 0.3) is 0 Å². The van der Waals surface area contributed by atoms with Gasteiger partial charge in [0.05, 0.1) is 6.26 Å². The molecule has 8 nitrogen and oxygen atoms in total. The maximum atomic E-state index is 11.7. The average molecular weight is 527 g/mol. The first kappa shape index (κ1) is 23.7. The van der Waals surface area contributed by atoms with Gasteiger partial charge >= 0.3 is 0 Å². The molecule has 0 aliphatic carbocycles. The Labute approximate surface area is 186 Å². The summed E-state index contributed by atoms with van der Waals surface area (Å²) in [6.45, 7) is 7.39. The van der Waals surface area contributed by atoms with Gasteiger partial charge in [0.15, 0.2) is 5.96 Å². The van der Waals surface area contributed by atoms with Crippen molar-refractivity contribution in [2.24, 2.45) is 16.3 Å². The smallest absolute Gasteiger partial charge is 0.220 e. The number of hydrogen-bond acceptors (Lipinski definition) is 4. The van der Waals surface area contributed by atoms with Crippen LogP contribution in [0.5, 0.6) is 0 Å². The Morgan fingerprint density at radius 1 is 1.32 bits per heavy atom. The van der Waals surface area contributed by atoms with Crippen LogP contribution >= 0.6 is 24.0 Å². The van der Waals surface area contributed by atoms with Crippen LogP contribution in [0, 0.1) is 11.3 Å². The van der Waals surface area contributed by atoms with Crippen molar-refractivity contribution in [3.05, 3.63) is 0 Å². The predicted octanol–water partition coefficient (Wildman–Crippen LogP) is 0.844. The van der Waals surface area contributed by atoms with Crippen molar-refractivity contribution < 1.29 is 13.2 Å². The fraction of sp³-hybridized carbons (Fsp3) is 0.889. The van der Waals surface area contributed by atoms with Crippen LogP contribution in [-0.2, 0) is 14.8 Å². The molecule has 3 aliphatic rings. The van der Waals surface area contributed by atoms with Crippen LogP contribution < -0.4 is 10.6 Å². The van der Waals surface area contributed by atoms with E-state index < -0.39 is 10.0 Å². The molecule has 162 valence electrons. The van der Waals surface area contributed by atoms with Gasteiger partial charge in [0, 0.05) is 57.6 Å². The molecule has 1 amide bonds. The van der Waals surface area contributed by atoms with E-state index in [-0.39, 0.29) is 35.3 Å². The number of carbonyl (C=O) groups excluding carboxylic acids is 1. The van der Waals surface area contributed by atoms with Gasteiger partial charge in [-0.15, -0.1) is 24.0 Å². The lowest BCUT2D eigenvalue weighted by Crippen LogP contribution is -2.51. The van der Waals surface area contributed by atoms with Crippen molar-refractivity contribution in [1.82, 2.24) is 19.8 Å². The van der Waals surface area contributed by atoms with Gasteiger partial charge in [-0.1, -0.05) is 0 Å². The summed E-state index contributed by atoms with van der Waals surface area (Å²) in [6, 6.07) is 0. The van der Waals surface area contributed by atoms with Crippen LogP contribution in [0.3, 0.4) is 0 Å². The molecule has 3 heterocycles. The van der Waals surface area contributed by atoms with Gasteiger partial charge in [0.1, 0.15) is 0 Å². The van der Waals surface area contributed by atoms with Crippen LogP contribution in [0.15, 0.2) is 4.99 Å². The maximum Gasteiger partial charge on any atom is 0.220 e. The number of halogens is 1. The van der Waals surface area contributed by atoms with Gasteiger partial charge in [-0.25, -0.2) is 12.7 Å². The lowest BCUT2D eigenvalue weighted by molar-refractivity contribution is -0.119. The number of piperidine rings is 2.